The zero-order chi connectivity index (χ0) is 24.0. The molecule has 0 unspecified atom stereocenters. The van der Waals surface area contributed by atoms with E-state index in [1.54, 1.807) is 0 Å². The molecule has 0 amide bonds. The number of hydrogen-bond donors (Lipinski definition) is 0. The summed E-state index contributed by atoms with van der Waals surface area (Å²) in [6, 6.07) is 28.5. The number of hydrogen-bond acceptors (Lipinski definition) is 2. The van der Waals surface area contributed by atoms with E-state index >= 15 is 0 Å². The molecule has 2 aliphatic rings. The van der Waals surface area contributed by atoms with E-state index in [4.69, 9.17) is 0 Å². The summed E-state index contributed by atoms with van der Waals surface area (Å²) in [4.78, 5) is 5.01. The van der Waals surface area contributed by atoms with Gasteiger partial charge in [-0.25, -0.2) is 5.57 Å². The fourth-order valence-corrected chi connectivity index (χ4v) is 5.99. The van der Waals surface area contributed by atoms with E-state index < -0.39 is 0 Å². The maximum absolute atomic E-state index is 3.44. The van der Waals surface area contributed by atoms with Gasteiger partial charge in [-0.05, 0) is 24.3 Å². The van der Waals surface area contributed by atoms with Gasteiger partial charge >= 0.3 is 26.2 Å². The molecule has 1 heterocycles. The molecule has 1 nitrogen and oxygen atoms in total. The van der Waals surface area contributed by atoms with E-state index in [0.717, 1.165) is 0 Å². The van der Waals surface area contributed by atoms with E-state index in [9.17, 15) is 0 Å². The van der Waals surface area contributed by atoms with Crippen LogP contribution in [0.5, 0.6) is 0 Å². The summed E-state index contributed by atoms with van der Waals surface area (Å²) < 4.78 is 0. The Hall–Kier alpha value is -1.64. The van der Waals surface area contributed by atoms with Gasteiger partial charge in [0.15, 0.2) is 0 Å². The van der Waals surface area contributed by atoms with E-state index in [1.165, 1.54) is 59.9 Å². The molecule has 0 spiro atoms. The summed E-state index contributed by atoms with van der Waals surface area (Å²) in [5, 5.41) is 2.62. The number of benzene rings is 3. The van der Waals surface area contributed by atoms with Crippen molar-refractivity contribution in [1.29, 1.82) is 0 Å². The van der Waals surface area contributed by atoms with E-state index in [-0.39, 0.29) is 56.4 Å². The number of nitrogens with zero attached hydrogens (tertiary/aromatic N) is 1. The molecule has 1 aliphatic carbocycles. The number of halogens is 2. The topological polar surface area (TPSA) is 3.24 Å². The number of anilines is 3. The first kappa shape index (κ1) is 31.6. The molecule has 5 heteroatoms. The molecular formula is C32H31Cl2NSZr. The molecule has 0 aromatic heterocycles. The second kappa shape index (κ2) is 12.5. The van der Waals surface area contributed by atoms with Gasteiger partial charge in [-0.15, -0.1) is 41.5 Å². The summed E-state index contributed by atoms with van der Waals surface area (Å²) in [6.07, 6.45) is 3.44. The quantitative estimate of drug-likeness (QED) is 0.261. The molecule has 4 aromatic carbocycles. The van der Waals surface area contributed by atoms with Crippen molar-refractivity contribution in [2.45, 2.75) is 51.3 Å². The van der Waals surface area contributed by atoms with Crippen LogP contribution in [0.1, 0.15) is 40.2 Å². The monoisotopic (exact) mass is 621 g/mol. The van der Waals surface area contributed by atoms with Crippen LogP contribution in [0.4, 0.5) is 17.1 Å². The average Bonchev–Trinajstić information content (AvgIpc) is 3.29. The zero-order valence-corrected chi connectivity index (χ0v) is 26.9. The van der Waals surface area contributed by atoms with Crippen LogP contribution in [0.2, 0.25) is 0 Å². The standard InChI is InChI=1S/C22H16NS.C10H15.2ClH.Zr/c1-15-13-16-7-6-10-18(17(16)14-15)23-19-8-2-4-11-21(19)24-22-12-5-3-9-20(22)23;1-7-6-10(4,5)9(3)8(7)2;;;/h2-14H,1H3;1-5H3;2*1H;/q2*-1;;;+4/p-2. The Morgan fingerprint density at radius 2 is 1.30 bits per heavy atom. The van der Waals surface area contributed by atoms with Crippen molar-refractivity contribution in [3.63, 3.8) is 0 Å². The van der Waals surface area contributed by atoms with E-state index in [1.807, 2.05) is 11.8 Å². The van der Waals surface area contributed by atoms with Crippen LogP contribution < -0.4 is 29.7 Å². The fourth-order valence-electron chi connectivity index (χ4n) is 4.93. The van der Waals surface area contributed by atoms with Gasteiger partial charge in [-0.1, -0.05) is 82.1 Å². The van der Waals surface area contributed by atoms with Gasteiger partial charge in [0.05, 0.1) is 11.4 Å². The van der Waals surface area contributed by atoms with Crippen molar-refractivity contribution in [2.24, 2.45) is 5.41 Å². The minimum absolute atomic E-state index is 0. The van der Waals surface area contributed by atoms with Crippen LogP contribution in [0, 0.1) is 18.4 Å². The molecule has 37 heavy (non-hydrogen) atoms. The van der Waals surface area contributed by atoms with E-state index in [2.05, 4.69) is 131 Å². The van der Waals surface area contributed by atoms with Crippen LogP contribution in [-0.4, -0.2) is 0 Å². The second-order valence-corrected chi connectivity index (χ2v) is 10.9. The molecule has 0 fully saturated rings. The second-order valence-electron chi connectivity index (χ2n) is 9.81. The first-order valence-corrected chi connectivity index (χ1v) is 12.7. The summed E-state index contributed by atoms with van der Waals surface area (Å²) in [5.41, 5.74) is 9.47. The average molecular weight is 624 g/mol. The van der Waals surface area contributed by atoms with Crippen molar-refractivity contribution < 1.29 is 51.0 Å². The van der Waals surface area contributed by atoms with Gasteiger partial charge in [-0.2, -0.15) is 17.2 Å². The zero-order valence-electron chi connectivity index (χ0n) is 22.1. The van der Waals surface area contributed by atoms with Gasteiger partial charge in [0.2, 0.25) is 0 Å². The van der Waals surface area contributed by atoms with Crippen LogP contribution in [0.15, 0.2) is 105 Å². The van der Waals surface area contributed by atoms with Crippen LogP contribution in [-0.2, 0) is 26.2 Å². The summed E-state index contributed by atoms with van der Waals surface area (Å²) >= 11 is 1.85. The van der Waals surface area contributed by atoms with Gasteiger partial charge in [0.25, 0.3) is 0 Å². The minimum atomic E-state index is 0. The Morgan fingerprint density at radius 1 is 0.757 bits per heavy atom. The molecule has 0 saturated heterocycles. The number of fused-ring (bicyclic) bond motifs is 3. The maximum Gasteiger partial charge on any atom is 4.00 e. The molecule has 0 bridgehead atoms. The smallest absolute Gasteiger partial charge is 1.00 e. The number of aryl methyl sites for hydroxylation is 1. The van der Waals surface area contributed by atoms with Crippen LogP contribution in [0.25, 0.3) is 10.8 Å². The Morgan fingerprint density at radius 3 is 1.78 bits per heavy atom. The normalized spacial score (nSPS) is 14.8. The molecular weight excluding hydrogens is 593 g/mol. The van der Waals surface area contributed by atoms with Crippen LogP contribution in [0.3, 0.4) is 0 Å². The van der Waals surface area contributed by atoms with Crippen LogP contribution >= 0.6 is 11.8 Å². The Kier molecular flexibility index (Phi) is 10.7. The largest absolute Gasteiger partial charge is 4.00 e. The molecule has 0 atom stereocenters. The summed E-state index contributed by atoms with van der Waals surface area (Å²) in [6.45, 7) is 13.1. The van der Waals surface area contributed by atoms with Gasteiger partial charge in [-0.3, -0.25) is 6.08 Å². The molecule has 4 aromatic rings. The molecule has 0 N–H and O–H groups in total. The third kappa shape index (κ3) is 6.01. The molecule has 188 valence electrons. The maximum atomic E-state index is 3.44. The predicted molar refractivity (Wildman–Crippen MR) is 148 cm³/mol. The third-order valence-corrected chi connectivity index (χ3v) is 8.24. The number of rotatable bonds is 1. The molecule has 6 rings (SSSR count). The van der Waals surface area contributed by atoms with Crippen molar-refractivity contribution in [2.75, 3.05) is 4.90 Å². The van der Waals surface area contributed by atoms with Gasteiger partial charge in [0.1, 0.15) is 0 Å². The van der Waals surface area contributed by atoms with Gasteiger partial charge in [0, 0.05) is 15.5 Å². The number of allylic oxidation sites excluding steroid dienone is 4. The van der Waals surface area contributed by atoms with Crippen molar-refractivity contribution in [1.82, 2.24) is 0 Å². The molecule has 0 saturated carbocycles. The van der Waals surface area contributed by atoms with Gasteiger partial charge < -0.3 is 29.7 Å². The Bertz CT molecular complexity index is 1420. The molecule has 0 radical (unpaired) electrons. The minimum Gasteiger partial charge on any atom is -1.00 e. The van der Waals surface area contributed by atoms with Crippen molar-refractivity contribution in [3.05, 3.63) is 107 Å². The van der Waals surface area contributed by atoms with Crippen molar-refractivity contribution >= 4 is 39.6 Å². The first-order chi connectivity index (χ1) is 16.3. The first-order valence-electron chi connectivity index (χ1n) is 11.9. The number of para-hydroxylation sites is 2. The third-order valence-electron chi connectivity index (χ3n) is 7.11. The van der Waals surface area contributed by atoms with E-state index in [0.29, 0.717) is 0 Å². The Balaban J connectivity index is 0.000000320. The Labute approximate surface area is 257 Å². The van der Waals surface area contributed by atoms with Crippen molar-refractivity contribution in [3.8, 4) is 0 Å². The predicted octanol–water partition coefficient (Wildman–Crippen LogP) is 3.92. The summed E-state index contributed by atoms with van der Waals surface area (Å²) in [5.74, 6) is 0. The SMILES string of the molecule is CC1=[C-]C(C)(C)C(C)=C1C.Cc1cc2c(N3c4ccccc4Sc4ccccc43)cccc2[cH-]1.[Cl-].[Cl-].[Zr+4]. The summed E-state index contributed by atoms with van der Waals surface area (Å²) in [7, 11) is 0. The fraction of sp³-hybridized carbons (Fsp3) is 0.219. The molecule has 1 aliphatic heterocycles.